The van der Waals surface area contributed by atoms with E-state index in [2.05, 4.69) is 6.07 Å². The third-order valence-electron chi connectivity index (χ3n) is 3.19. The molecule has 4 nitrogen and oxygen atoms in total. The van der Waals surface area contributed by atoms with Crippen LogP contribution < -0.4 is 4.74 Å². The summed E-state index contributed by atoms with van der Waals surface area (Å²) in [6.07, 6.45) is 0.912. The van der Waals surface area contributed by atoms with E-state index >= 15 is 0 Å². The molecule has 1 fully saturated rings. The number of ether oxygens (including phenoxy) is 2. The van der Waals surface area contributed by atoms with Crippen molar-refractivity contribution in [2.75, 3.05) is 19.0 Å². The van der Waals surface area contributed by atoms with Crippen LogP contribution in [0.3, 0.4) is 0 Å². The lowest BCUT2D eigenvalue weighted by Gasteiger charge is -2.14. The van der Waals surface area contributed by atoms with Crippen molar-refractivity contribution in [2.45, 2.75) is 24.7 Å². The molecule has 5 heteroatoms. The fourth-order valence-corrected chi connectivity index (χ4v) is 3.54. The van der Waals surface area contributed by atoms with Gasteiger partial charge in [-0.05, 0) is 25.5 Å². The summed E-state index contributed by atoms with van der Waals surface area (Å²) in [5.74, 6) is 1.02. The van der Waals surface area contributed by atoms with Gasteiger partial charge in [-0.3, -0.25) is 4.21 Å². The van der Waals surface area contributed by atoms with Crippen LogP contribution >= 0.6 is 0 Å². The van der Waals surface area contributed by atoms with Gasteiger partial charge >= 0.3 is 0 Å². The highest BCUT2D eigenvalue weighted by Gasteiger charge is 2.29. The van der Waals surface area contributed by atoms with E-state index in [9.17, 15) is 4.21 Å². The molecule has 0 amide bonds. The first-order valence-electron chi connectivity index (χ1n) is 6.33. The fourth-order valence-electron chi connectivity index (χ4n) is 2.13. The van der Waals surface area contributed by atoms with Crippen molar-refractivity contribution in [3.63, 3.8) is 0 Å². The van der Waals surface area contributed by atoms with Crippen LogP contribution in [-0.2, 0) is 15.5 Å². The normalized spacial score (nSPS) is 23.8. The number of hydrogen-bond acceptors (Lipinski definition) is 4. The summed E-state index contributed by atoms with van der Waals surface area (Å²) in [5.41, 5.74) is 0.505. The van der Waals surface area contributed by atoms with E-state index in [0.717, 1.165) is 6.42 Å². The SMILES string of the molecule is CC1OCCC1S(=O)CCOc1ccccc1C#N. The van der Waals surface area contributed by atoms with E-state index in [1.54, 1.807) is 18.2 Å². The van der Waals surface area contributed by atoms with Crippen LogP contribution in [-0.4, -0.2) is 34.5 Å². The molecule has 1 saturated heterocycles. The minimum atomic E-state index is -0.941. The Kier molecular flexibility index (Phi) is 4.94. The monoisotopic (exact) mass is 279 g/mol. The Morgan fingerprint density at radius 2 is 2.32 bits per heavy atom. The maximum atomic E-state index is 12.1. The molecular weight excluding hydrogens is 262 g/mol. The first kappa shape index (κ1) is 14.0. The van der Waals surface area contributed by atoms with Crippen molar-refractivity contribution < 1.29 is 13.7 Å². The third-order valence-corrected chi connectivity index (χ3v) is 5.06. The molecule has 0 aromatic heterocycles. The summed E-state index contributed by atoms with van der Waals surface area (Å²) in [6, 6.07) is 9.15. The van der Waals surface area contributed by atoms with Crippen LogP contribution in [0.1, 0.15) is 18.9 Å². The van der Waals surface area contributed by atoms with E-state index < -0.39 is 10.8 Å². The van der Waals surface area contributed by atoms with Gasteiger partial charge in [0.1, 0.15) is 11.8 Å². The van der Waals surface area contributed by atoms with Gasteiger partial charge in [-0.15, -0.1) is 0 Å². The molecule has 1 aliphatic rings. The van der Waals surface area contributed by atoms with E-state index in [0.29, 0.717) is 30.3 Å². The Labute approximate surface area is 115 Å². The van der Waals surface area contributed by atoms with Gasteiger partial charge in [0, 0.05) is 17.4 Å². The van der Waals surface area contributed by atoms with Crippen LogP contribution in [0.5, 0.6) is 5.75 Å². The molecule has 19 heavy (non-hydrogen) atoms. The van der Waals surface area contributed by atoms with Gasteiger partial charge < -0.3 is 9.47 Å². The number of benzene rings is 1. The minimum Gasteiger partial charge on any atom is -0.491 e. The van der Waals surface area contributed by atoms with E-state index in [1.165, 1.54) is 0 Å². The molecule has 1 heterocycles. The van der Waals surface area contributed by atoms with Crippen molar-refractivity contribution in [1.29, 1.82) is 5.26 Å². The topological polar surface area (TPSA) is 59.3 Å². The summed E-state index contributed by atoms with van der Waals surface area (Å²) in [4.78, 5) is 0. The van der Waals surface area contributed by atoms with E-state index in [1.807, 2.05) is 13.0 Å². The van der Waals surface area contributed by atoms with Crippen molar-refractivity contribution >= 4 is 10.8 Å². The van der Waals surface area contributed by atoms with Gasteiger partial charge in [0.2, 0.25) is 0 Å². The summed E-state index contributed by atoms with van der Waals surface area (Å²) in [6.45, 7) is 3.01. The highest BCUT2D eigenvalue weighted by Crippen LogP contribution is 2.20. The summed E-state index contributed by atoms with van der Waals surface area (Å²) < 4.78 is 23.0. The first-order valence-corrected chi connectivity index (χ1v) is 7.71. The number of rotatable bonds is 5. The maximum Gasteiger partial charge on any atom is 0.137 e. The van der Waals surface area contributed by atoms with Gasteiger partial charge in [0.25, 0.3) is 0 Å². The lowest BCUT2D eigenvalue weighted by molar-refractivity contribution is 0.127. The lowest BCUT2D eigenvalue weighted by Crippen LogP contribution is -2.26. The summed E-state index contributed by atoms with van der Waals surface area (Å²) in [7, 11) is -0.941. The molecule has 0 spiro atoms. The number of nitriles is 1. The Morgan fingerprint density at radius 1 is 1.53 bits per heavy atom. The van der Waals surface area contributed by atoms with E-state index in [-0.39, 0.29) is 11.4 Å². The Hall–Kier alpha value is -1.38. The lowest BCUT2D eigenvalue weighted by atomic mass is 10.2. The number of para-hydroxylation sites is 1. The molecule has 1 aromatic carbocycles. The molecule has 1 aromatic rings. The molecule has 0 bridgehead atoms. The highest BCUT2D eigenvalue weighted by atomic mass is 32.2. The van der Waals surface area contributed by atoms with Crippen molar-refractivity contribution in [3.05, 3.63) is 29.8 Å². The number of nitrogens with zero attached hydrogens (tertiary/aromatic N) is 1. The predicted molar refractivity (Wildman–Crippen MR) is 73.5 cm³/mol. The Balaban J connectivity index is 1.83. The minimum absolute atomic E-state index is 0.0622. The Bertz CT molecular complexity index is 498. The van der Waals surface area contributed by atoms with Gasteiger partial charge in [-0.1, -0.05) is 12.1 Å². The molecular formula is C14H17NO3S. The van der Waals surface area contributed by atoms with Gasteiger partial charge in [0.15, 0.2) is 0 Å². The molecule has 1 aliphatic heterocycles. The molecule has 0 radical (unpaired) electrons. The molecule has 0 N–H and O–H groups in total. The average molecular weight is 279 g/mol. The zero-order valence-corrected chi connectivity index (χ0v) is 11.7. The molecule has 2 rings (SSSR count). The largest absolute Gasteiger partial charge is 0.491 e. The van der Waals surface area contributed by atoms with Gasteiger partial charge in [-0.25, -0.2) is 0 Å². The van der Waals surface area contributed by atoms with Crippen molar-refractivity contribution in [2.24, 2.45) is 0 Å². The molecule has 0 aliphatic carbocycles. The van der Waals surface area contributed by atoms with Crippen LogP contribution in [0.2, 0.25) is 0 Å². The quantitative estimate of drug-likeness (QED) is 0.825. The molecule has 3 unspecified atom stereocenters. The second kappa shape index (κ2) is 6.69. The van der Waals surface area contributed by atoms with E-state index in [4.69, 9.17) is 14.7 Å². The predicted octanol–water partition coefficient (Wildman–Crippen LogP) is 1.86. The summed E-state index contributed by atoms with van der Waals surface area (Å²) >= 11 is 0. The van der Waals surface area contributed by atoms with Crippen LogP contribution in [0.25, 0.3) is 0 Å². The van der Waals surface area contributed by atoms with Gasteiger partial charge in [0.05, 0.1) is 29.3 Å². The molecule has 0 saturated carbocycles. The fraction of sp³-hybridized carbons (Fsp3) is 0.500. The molecule has 102 valence electrons. The number of hydrogen-bond donors (Lipinski definition) is 0. The van der Waals surface area contributed by atoms with Crippen LogP contribution in [0, 0.1) is 11.3 Å². The van der Waals surface area contributed by atoms with Crippen molar-refractivity contribution in [1.82, 2.24) is 0 Å². The first-order chi connectivity index (χ1) is 9.22. The zero-order chi connectivity index (χ0) is 13.7. The second-order valence-electron chi connectivity index (χ2n) is 4.44. The second-order valence-corrected chi connectivity index (χ2v) is 6.22. The Morgan fingerprint density at radius 3 is 3.00 bits per heavy atom. The zero-order valence-electron chi connectivity index (χ0n) is 10.9. The van der Waals surface area contributed by atoms with Crippen LogP contribution in [0.15, 0.2) is 24.3 Å². The van der Waals surface area contributed by atoms with Crippen LogP contribution in [0.4, 0.5) is 0 Å². The molecule has 3 atom stereocenters. The standard InChI is InChI=1S/C14H17NO3S/c1-11-14(6-7-17-11)19(16)9-8-18-13-5-3-2-4-12(13)10-15/h2-5,11,14H,6-9H2,1H3. The average Bonchev–Trinajstić information content (AvgIpc) is 2.85. The maximum absolute atomic E-state index is 12.1. The summed E-state index contributed by atoms with van der Waals surface area (Å²) in [5, 5.41) is 9.03. The smallest absolute Gasteiger partial charge is 0.137 e. The third kappa shape index (κ3) is 3.55. The van der Waals surface area contributed by atoms with Gasteiger partial charge in [-0.2, -0.15) is 5.26 Å². The van der Waals surface area contributed by atoms with Crippen molar-refractivity contribution in [3.8, 4) is 11.8 Å². The highest BCUT2D eigenvalue weighted by molar-refractivity contribution is 7.85.